The minimum Gasteiger partial charge on any atom is -0.353 e. The number of carbonyl (C=O) groups is 2. The van der Waals surface area contributed by atoms with Crippen LogP contribution in [0.3, 0.4) is 0 Å². The largest absolute Gasteiger partial charge is 0.353 e. The molecule has 2 heterocycles. The Hall–Kier alpha value is -4.04. The van der Waals surface area contributed by atoms with E-state index in [-0.39, 0.29) is 18.1 Å². The van der Waals surface area contributed by atoms with Gasteiger partial charge in [0.15, 0.2) is 0 Å². The van der Waals surface area contributed by atoms with Crippen LogP contribution in [0.1, 0.15) is 28.8 Å². The highest BCUT2D eigenvalue weighted by atomic mass is 79.9. The number of nitrogens with zero attached hydrogens (tertiary/aromatic N) is 1. The van der Waals surface area contributed by atoms with Gasteiger partial charge < -0.3 is 4.98 Å². The highest BCUT2D eigenvalue weighted by molar-refractivity contribution is 9.10. The van der Waals surface area contributed by atoms with Crippen molar-refractivity contribution in [1.82, 2.24) is 20.8 Å². The lowest BCUT2D eigenvalue weighted by atomic mass is 10.0. The minimum atomic E-state index is -0.396. The molecule has 0 aliphatic rings. The van der Waals surface area contributed by atoms with Crippen molar-refractivity contribution in [2.45, 2.75) is 19.3 Å². The second-order valence-corrected chi connectivity index (χ2v) is 9.34. The van der Waals surface area contributed by atoms with E-state index >= 15 is 0 Å². The van der Waals surface area contributed by atoms with Gasteiger partial charge in [-0.25, -0.2) is 9.37 Å². The van der Waals surface area contributed by atoms with E-state index in [1.807, 2.05) is 36.4 Å². The number of hydrazine groups is 1. The topological polar surface area (TPSA) is 86.9 Å². The highest BCUT2D eigenvalue weighted by Gasteiger charge is 2.16. The van der Waals surface area contributed by atoms with Crippen LogP contribution in [0.15, 0.2) is 83.3 Å². The number of hydrogen-bond donors (Lipinski definition) is 3. The van der Waals surface area contributed by atoms with Crippen LogP contribution in [0.2, 0.25) is 0 Å². The van der Waals surface area contributed by atoms with Gasteiger partial charge in [-0.3, -0.25) is 20.4 Å². The van der Waals surface area contributed by atoms with Crippen molar-refractivity contribution >= 4 is 49.6 Å². The summed E-state index contributed by atoms with van der Waals surface area (Å²) in [4.78, 5) is 32.8. The Morgan fingerprint density at radius 2 is 1.75 bits per heavy atom. The molecule has 0 saturated heterocycles. The zero-order valence-electron chi connectivity index (χ0n) is 19.1. The van der Waals surface area contributed by atoms with Crippen molar-refractivity contribution in [3.05, 3.63) is 100 Å². The Balaban J connectivity index is 1.30. The molecule has 0 aliphatic heterocycles. The summed E-state index contributed by atoms with van der Waals surface area (Å²) in [7, 11) is 0. The SMILES string of the molecule is O=C(CCCc1c(-c2ccc3ccccc3n2)[nH]c2ccc(F)cc12)NNC(=O)c1ccc(Br)cc1. The van der Waals surface area contributed by atoms with Gasteiger partial charge in [-0.2, -0.15) is 0 Å². The van der Waals surface area contributed by atoms with E-state index in [9.17, 15) is 14.0 Å². The van der Waals surface area contributed by atoms with Gasteiger partial charge in [0.1, 0.15) is 5.82 Å². The fraction of sp³-hybridized carbons (Fsp3) is 0.107. The van der Waals surface area contributed by atoms with Crippen molar-refractivity contribution < 1.29 is 14.0 Å². The number of para-hydroxylation sites is 1. The third-order valence-electron chi connectivity index (χ3n) is 5.98. The Kier molecular flexibility index (Phi) is 6.77. The van der Waals surface area contributed by atoms with E-state index in [1.165, 1.54) is 12.1 Å². The first-order chi connectivity index (χ1) is 17.5. The van der Waals surface area contributed by atoms with Gasteiger partial charge in [0, 0.05) is 32.7 Å². The summed E-state index contributed by atoms with van der Waals surface area (Å²) in [6.45, 7) is 0. The fourth-order valence-electron chi connectivity index (χ4n) is 4.19. The summed E-state index contributed by atoms with van der Waals surface area (Å²) in [5.41, 5.74) is 9.47. The summed E-state index contributed by atoms with van der Waals surface area (Å²) in [5, 5.41) is 1.80. The molecule has 5 rings (SSSR count). The highest BCUT2D eigenvalue weighted by Crippen LogP contribution is 2.32. The molecule has 0 unspecified atom stereocenters. The van der Waals surface area contributed by atoms with Crippen LogP contribution in [0.25, 0.3) is 33.2 Å². The van der Waals surface area contributed by atoms with Crippen molar-refractivity contribution in [2.75, 3.05) is 0 Å². The van der Waals surface area contributed by atoms with Crippen LogP contribution in [0.4, 0.5) is 4.39 Å². The molecule has 2 aromatic heterocycles. The number of amides is 2. The maximum atomic E-state index is 14.1. The van der Waals surface area contributed by atoms with Gasteiger partial charge >= 0.3 is 0 Å². The number of nitrogens with one attached hydrogen (secondary N) is 3. The molecule has 8 heteroatoms. The van der Waals surface area contributed by atoms with E-state index in [0.717, 1.165) is 43.2 Å². The molecule has 0 bridgehead atoms. The van der Waals surface area contributed by atoms with Crippen LogP contribution in [-0.2, 0) is 11.2 Å². The van der Waals surface area contributed by atoms with Crippen LogP contribution >= 0.6 is 15.9 Å². The summed E-state index contributed by atoms with van der Waals surface area (Å²) in [6, 6.07) is 23.3. The predicted molar refractivity (Wildman–Crippen MR) is 142 cm³/mol. The average molecular weight is 545 g/mol. The molecule has 0 atom stereocenters. The number of pyridine rings is 1. The Bertz CT molecular complexity index is 1580. The normalized spacial score (nSPS) is 11.1. The van der Waals surface area contributed by atoms with Crippen molar-refractivity contribution in [3.63, 3.8) is 0 Å². The summed E-state index contributed by atoms with van der Waals surface area (Å²) >= 11 is 3.32. The van der Waals surface area contributed by atoms with Crippen molar-refractivity contribution in [2.24, 2.45) is 0 Å². The van der Waals surface area contributed by atoms with Crippen molar-refractivity contribution in [3.8, 4) is 11.4 Å². The maximum absolute atomic E-state index is 14.1. The Morgan fingerprint density at radius 1 is 0.944 bits per heavy atom. The van der Waals surface area contributed by atoms with Gasteiger partial charge in [0.25, 0.3) is 5.91 Å². The third kappa shape index (κ3) is 5.13. The molecular weight excluding hydrogens is 523 g/mol. The predicted octanol–water partition coefficient (Wildman–Crippen LogP) is 6.07. The molecule has 0 radical (unpaired) electrons. The molecule has 0 spiro atoms. The summed E-state index contributed by atoms with van der Waals surface area (Å²) < 4.78 is 14.9. The molecule has 180 valence electrons. The minimum absolute atomic E-state index is 0.188. The molecule has 5 aromatic rings. The van der Waals surface area contributed by atoms with E-state index in [4.69, 9.17) is 4.98 Å². The molecule has 0 fully saturated rings. The molecule has 3 aromatic carbocycles. The lowest BCUT2D eigenvalue weighted by Crippen LogP contribution is -2.41. The third-order valence-corrected chi connectivity index (χ3v) is 6.50. The number of halogens is 2. The van der Waals surface area contributed by atoms with Crippen molar-refractivity contribution in [1.29, 1.82) is 0 Å². The monoisotopic (exact) mass is 544 g/mol. The molecular formula is C28H22BrFN4O2. The maximum Gasteiger partial charge on any atom is 0.269 e. The molecule has 6 nitrogen and oxygen atoms in total. The van der Waals surface area contributed by atoms with Gasteiger partial charge in [-0.1, -0.05) is 40.2 Å². The molecule has 2 amide bonds. The summed E-state index contributed by atoms with van der Waals surface area (Å²) in [5.74, 6) is -1.03. The number of H-pyrrole nitrogens is 1. The Morgan fingerprint density at radius 3 is 2.58 bits per heavy atom. The number of aromatic amines is 1. The summed E-state index contributed by atoms with van der Waals surface area (Å²) in [6.07, 6.45) is 1.22. The van der Waals surface area contributed by atoms with Gasteiger partial charge in [-0.05, 0) is 73.0 Å². The molecule has 0 aliphatic carbocycles. The number of carbonyl (C=O) groups excluding carboxylic acids is 2. The number of aromatic nitrogens is 2. The lowest BCUT2D eigenvalue weighted by Gasteiger charge is -2.09. The number of hydrogen-bond acceptors (Lipinski definition) is 3. The first kappa shape index (κ1) is 23.7. The number of aryl methyl sites for hydroxylation is 1. The molecule has 3 N–H and O–H groups in total. The second kappa shape index (κ2) is 10.3. The first-order valence-corrected chi connectivity index (χ1v) is 12.3. The van der Waals surface area contributed by atoms with E-state index in [2.05, 4.69) is 31.8 Å². The van der Waals surface area contributed by atoms with E-state index < -0.39 is 5.91 Å². The van der Waals surface area contributed by atoms with Crippen LogP contribution in [-0.4, -0.2) is 21.8 Å². The number of fused-ring (bicyclic) bond motifs is 2. The van der Waals surface area contributed by atoms with E-state index in [1.54, 1.807) is 30.3 Å². The number of benzene rings is 3. The first-order valence-electron chi connectivity index (χ1n) is 11.5. The zero-order valence-corrected chi connectivity index (χ0v) is 20.7. The standard InChI is InChI=1S/C28H22BrFN4O2/c29-19-11-8-18(9-12-19)28(36)34-33-26(35)7-3-5-21-22-16-20(30)13-15-24(22)32-27(21)25-14-10-17-4-1-2-6-23(17)31-25/h1-2,4,6,8-16,32H,3,5,7H2,(H,33,35)(H,34,36). The van der Waals surface area contributed by atoms with Gasteiger partial charge in [0.05, 0.1) is 16.9 Å². The van der Waals surface area contributed by atoms with Gasteiger partial charge in [0.2, 0.25) is 5.91 Å². The van der Waals surface area contributed by atoms with Crippen LogP contribution in [0, 0.1) is 5.82 Å². The fourth-order valence-corrected chi connectivity index (χ4v) is 4.46. The Labute approximate surface area is 215 Å². The second-order valence-electron chi connectivity index (χ2n) is 8.42. The quantitative estimate of drug-likeness (QED) is 0.227. The lowest BCUT2D eigenvalue weighted by molar-refractivity contribution is -0.121. The molecule has 36 heavy (non-hydrogen) atoms. The van der Waals surface area contributed by atoms with Gasteiger partial charge in [-0.15, -0.1) is 0 Å². The smallest absolute Gasteiger partial charge is 0.269 e. The molecule has 0 saturated carbocycles. The van der Waals surface area contributed by atoms with Crippen LogP contribution < -0.4 is 10.9 Å². The van der Waals surface area contributed by atoms with E-state index in [0.29, 0.717) is 18.4 Å². The zero-order chi connectivity index (χ0) is 25.1. The average Bonchev–Trinajstić information content (AvgIpc) is 3.25. The number of rotatable bonds is 6. The van der Waals surface area contributed by atoms with Crippen LogP contribution in [0.5, 0.6) is 0 Å².